The van der Waals surface area contributed by atoms with Gasteiger partial charge in [0, 0.05) is 12.1 Å². The van der Waals surface area contributed by atoms with E-state index in [0.717, 1.165) is 25.2 Å². The van der Waals surface area contributed by atoms with Crippen LogP contribution in [-0.2, 0) is 6.54 Å². The number of hydrogen-bond donors (Lipinski definition) is 1. The van der Waals surface area contributed by atoms with E-state index in [-0.39, 0.29) is 12.4 Å². The second kappa shape index (κ2) is 10.2. The number of phenols is 1. The molecule has 1 rings (SSSR count). The molecule has 0 unspecified atom stereocenters. The van der Waals surface area contributed by atoms with Gasteiger partial charge in [0.25, 0.3) is 0 Å². The van der Waals surface area contributed by atoms with Crippen molar-refractivity contribution >= 4 is 12.4 Å². The number of unbranched alkanes of at least 4 members (excludes halogenated alkanes) is 2. The molecule has 0 saturated heterocycles. The third-order valence-corrected chi connectivity index (χ3v) is 3.04. The van der Waals surface area contributed by atoms with Gasteiger partial charge in [-0.2, -0.15) is 0 Å². The van der Waals surface area contributed by atoms with Gasteiger partial charge in [-0.25, -0.2) is 0 Å². The molecule has 0 fully saturated rings. The molecule has 0 amide bonds. The van der Waals surface area contributed by atoms with E-state index < -0.39 is 0 Å². The Morgan fingerprint density at radius 3 is 2.06 bits per heavy atom. The van der Waals surface area contributed by atoms with Gasteiger partial charge in [0.1, 0.15) is 5.75 Å². The summed E-state index contributed by atoms with van der Waals surface area (Å²) in [7, 11) is 0. The zero-order valence-electron chi connectivity index (χ0n) is 11.6. The molecule has 104 valence electrons. The largest absolute Gasteiger partial charge is 0.508 e. The number of halogens is 1. The summed E-state index contributed by atoms with van der Waals surface area (Å²) >= 11 is 0. The van der Waals surface area contributed by atoms with E-state index in [9.17, 15) is 5.11 Å². The zero-order chi connectivity index (χ0) is 12.5. The number of rotatable bonds is 8. The van der Waals surface area contributed by atoms with E-state index in [1.54, 1.807) is 6.07 Å². The van der Waals surface area contributed by atoms with Crippen molar-refractivity contribution in [3.05, 3.63) is 29.8 Å². The first-order valence-corrected chi connectivity index (χ1v) is 6.77. The summed E-state index contributed by atoms with van der Waals surface area (Å²) in [5.74, 6) is 0.422. The molecule has 0 radical (unpaired) electrons. The third kappa shape index (κ3) is 6.27. The van der Waals surface area contributed by atoms with Gasteiger partial charge in [-0.3, -0.25) is 4.90 Å². The predicted molar refractivity (Wildman–Crippen MR) is 80.4 cm³/mol. The lowest BCUT2D eigenvalue weighted by Gasteiger charge is -2.22. The van der Waals surface area contributed by atoms with Crippen molar-refractivity contribution in [3.63, 3.8) is 0 Å². The summed E-state index contributed by atoms with van der Waals surface area (Å²) in [5.41, 5.74) is 1.04. The van der Waals surface area contributed by atoms with Crippen molar-refractivity contribution in [2.24, 2.45) is 0 Å². The lowest BCUT2D eigenvalue weighted by atomic mass is 10.1. The van der Waals surface area contributed by atoms with Crippen LogP contribution >= 0.6 is 12.4 Å². The molecule has 0 atom stereocenters. The Morgan fingerprint density at radius 2 is 1.56 bits per heavy atom. The first-order valence-electron chi connectivity index (χ1n) is 6.77. The maximum Gasteiger partial charge on any atom is 0.120 e. The Labute approximate surface area is 117 Å². The van der Waals surface area contributed by atoms with Gasteiger partial charge >= 0.3 is 0 Å². The maximum atomic E-state index is 9.78. The fourth-order valence-corrected chi connectivity index (χ4v) is 1.92. The highest BCUT2D eigenvalue weighted by Gasteiger charge is 2.07. The van der Waals surface area contributed by atoms with Crippen molar-refractivity contribution in [3.8, 4) is 5.75 Å². The van der Waals surface area contributed by atoms with Crippen LogP contribution in [0, 0.1) is 0 Å². The van der Waals surface area contributed by atoms with Crippen LogP contribution in [0.25, 0.3) is 0 Å². The molecule has 0 saturated carbocycles. The van der Waals surface area contributed by atoms with E-state index in [2.05, 4.69) is 18.7 Å². The van der Waals surface area contributed by atoms with Gasteiger partial charge in [0.05, 0.1) is 0 Å². The number of hydrogen-bond acceptors (Lipinski definition) is 2. The van der Waals surface area contributed by atoms with Crippen LogP contribution in [-0.4, -0.2) is 23.1 Å². The molecule has 0 spiro atoms. The molecule has 1 aromatic carbocycles. The number of nitrogens with zero attached hydrogens (tertiary/aromatic N) is 1. The van der Waals surface area contributed by atoms with E-state index in [1.807, 2.05) is 18.2 Å². The van der Waals surface area contributed by atoms with Gasteiger partial charge in [-0.1, -0.05) is 44.9 Å². The molecule has 1 aromatic rings. The molecule has 0 aromatic heterocycles. The van der Waals surface area contributed by atoms with Crippen LogP contribution in [0.15, 0.2) is 24.3 Å². The molecule has 0 aliphatic heterocycles. The van der Waals surface area contributed by atoms with Crippen LogP contribution in [0.5, 0.6) is 5.75 Å². The standard InChI is InChI=1S/C15H25NO.ClH/c1-3-5-11-16(12-6-4-2)13-14-9-7-8-10-15(14)17;/h7-10,17H,3-6,11-13H2,1-2H3;1H. The van der Waals surface area contributed by atoms with E-state index in [1.165, 1.54) is 25.7 Å². The van der Waals surface area contributed by atoms with Crippen LogP contribution in [0.1, 0.15) is 45.1 Å². The number of phenolic OH excluding ortho intramolecular Hbond substituents is 1. The summed E-state index contributed by atoms with van der Waals surface area (Å²) < 4.78 is 0. The van der Waals surface area contributed by atoms with E-state index in [4.69, 9.17) is 0 Å². The van der Waals surface area contributed by atoms with Crippen molar-refractivity contribution < 1.29 is 5.11 Å². The molecule has 2 nitrogen and oxygen atoms in total. The van der Waals surface area contributed by atoms with E-state index in [0.29, 0.717) is 5.75 Å². The minimum Gasteiger partial charge on any atom is -0.508 e. The van der Waals surface area contributed by atoms with Crippen LogP contribution in [0.2, 0.25) is 0 Å². The molecule has 0 aliphatic carbocycles. The Balaban J connectivity index is 0.00000289. The monoisotopic (exact) mass is 271 g/mol. The average molecular weight is 272 g/mol. The number of aromatic hydroxyl groups is 1. The first-order chi connectivity index (χ1) is 8.27. The van der Waals surface area contributed by atoms with Gasteiger partial charge in [-0.15, -0.1) is 12.4 Å². The minimum atomic E-state index is 0. The normalized spacial score (nSPS) is 10.4. The SMILES string of the molecule is CCCCN(CCCC)Cc1ccccc1O.Cl. The summed E-state index contributed by atoms with van der Waals surface area (Å²) in [5, 5.41) is 9.78. The Morgan fingerprint density at radius 1 is 1.00 bits per heavy atom. The smallest absolute Gasteiger partial charge is 0.120 e. The van der Waals surface area contributed by atoms with Crippen LogP contribution in [0.3, 0.4) is 0 Å². The average Bonchev–Trinajstić information content (AvgIpc) is 2.35. The molecule has 0 aliphatic rings. The van der Waals surface area contributed by atoms with Crippen molar-refractivity contribution in [1.82, 2.24) is 4.90 Å². The predicted octanol–water partition coefficient (Wildman–Crippen LogP) is 4.22. The lowest BCUT2D eigenvalue weighted by molar-refractivity contribution is 0.254. The fraction of sp³-hybridized carbons (Fsp3) is 0.600. The summed E-state index contributed by atoms with van der Waals surface area (Å²) in [6.45, 7) is 7.57. The van der Waals surface area contributed by atoms with Crippen LogP contribution < -0.4 is 0 Å². The number of benzene rings is 1. The van der Waals surface area contributed by atoms with Crippen molar-refractivity contribution in [2.45, 2.75) is 46.1 Å². The van der Waals surface area contributed by atoms with Gasteiger partial charge in [0.15, 0.2) is 0 Å². The molecule has 0 heterocycles. The molecular formula is C15H26ClNO. The van der Waals surface area contributed by atoms with Crippen LogP contribution in [0.4, 0.5) is 0 Å². The number of para-hydroxylation sites is 1. The lowest BCUT2D eigenvalue weighted by Crippen LogP contribution is -2.25. The quantitative estimate of drug-likeness (QED) is 0.765. The van der Waals surface area contributed by atoms with Crippen molar-refractivity contribution in [1.29, 1.82) is 0 Å². The van der Waals surface area contributed by atoms with E-state index >= 15 is 0 Å². The Kier molecular flexibility index (Phi) is 9.80. The third-order valence-electron chi connectivity index (χ3n) is 3.04. The Bertz CT molecular complexity index is 309. The highest BCUT2D eigenvalue weighted by atomic mass is 35.5. The molecular weight excluding hydrogens is 246 g/mol. The summed E-state index contributed by atoms with van der Waals surface area (Å²) in [4.78, 5) is 2.45. The van der Waals surface area contributed by atoms with Gasteiger partial charge in [-0.05, 0) is 32.0 Å². The molecule has 3 heteroatoms. The van der Waals surface area contributed by atoms with Gasteiger partial charge < -0.3 is 5.11 Å². The minimum absolute atomic E-state index is 0. The fourth-order valence-electron chi connectivity index (χ4n) is 1.92. The maximum absolute atomic E-state index is 9.78. The van der Waals surface area contributed by atoms with Gasteiger partial charge in [0.2, 0.25) is 0 Å². The first kappa shape index (κ1) is 17.3. The van der Waals surface area contributed by atoms with Crippen molar-refractivity contribution in [2.75, 3.05) is 13.1 Å². The highest BCUT2D eigenvalue weighted by molar-refractivity contribution is 5.85. The second-order valence-corrected chi connectivity index (χ2v) is 4.61. The molecule has 0 bridgehead atoms. The second-order valence-electron chi connectivity index (χ2n) is 4.61. The Hall–Kier alpha value is -0.730. The zero-order valence-corrected chi connectivity index (χ0v) is 12.4. The molecule has 1 N–H and O–H groups in total. The highest BCUT2D eigenvalue weighted by Crippen LogP contribution is 2.18. The summed E-state index contributed by atoms with van der Waals surface area (Å²) in [6.07, 6.45) is 4.92. The molecule has 18 heavy (non-hydrogen) atoms. The summed E-state index contributed by atoms with van der Waals surface area (Å²) in [6, 6.07) is 7.65. The topological polar surface area (TPSA) is 23.5 Å².